The minimum absolute atomic E-state index is 0.195. The third-order valence-corrected chi connectivity index (χ3v) is 2.85. The van der Waals surface area contributed by atoms with Crippen LogP contribution >= 0.6 is 0 Å². The van der Waals surface area contributed by atoms with Crippen molar-refractivity contribution in [2.45, 2.75) is 26.2 Å². The first-order valence-electron chi connectivity index (χ1n) is 4.99. The molecule has 2 rings (SSSR count). The van der Waals surface area contributed by atoms with Crippen LogP contribution in [0.4, 0.5) is 5.69 Å². The molecule has 0 saturated heterocycles. The summed E-state index contributed by atoms with van der Waals surface area (Å²) in [5.74, 6) is 0.724. The van der Waals surface area contributed by atoms with Gasteiger partial charge in [0.05, 0.1) is 6.42 Å². The van der Waals surface area contributed by atoms with Gasteiger partial charge >= 0.3 is 0 Å². The van der Waals surface area contributed by atoms with E-state index in [-0.39, 0.29) is 5.91 Å². The molecule has 0 bridgehead atoms. The number of amides is 1. The maximum Gasteiger partial charge on any atom is 0.231 e. The predicted molar refractivity (Wildman–Crippen MR) is 57.6 cm³/mol. The number of anilines is 1. The molecule has 1 aliphatic heterocycles. The number of hydrogen-bond acceptors (Lipinski definition) is 1. The topological polar surface area (TPSA) is 20.3 Å². The van der Waals surface area contributed by atoms with Gasteiger partial charge in [-0.2, -0.15) is 0 Å². The lowest BCUT2D eigenvalue weighted by Gasteiger charge is -2.11. The number of fused-ring (bicyclic) bond motifs is 1. The standard InChI is InChI=1S/C12H15NO/c1-8(2)9-4-5-11-10(6-9)7-12(14)13(11)3/h4-6,8H,7H2,1-3H3. The fourth-order valence-corrected chi connectivity index (χ4v) is 1.85. The van der Waals surface area contributed by atoms with Crippen LogP contribution in [0.1, 0.15) is 30.9 Å². The van der Waals surface area contributed by atoms with Gasteiger partial charge in [0.25, 0.3) is 0 Å². The highest BCUT2D eigenvalue weighted by molar-refractivity contribution is 6.00. The van der Waals surface area contributed by atoms with Gasteiger partial charge in [-0.15, -0.1) is 0 Å². The maximum atomic E-state index is 11.4. The molecule has 1 aliphatic rings. The number of carbonyl (C=O) groups is 1. The summed E-state index contributed by atoms with van der Waals surface area (Å²) in [6, 6.07) is 6.32. The quantitative estimate of drug-likeness (QED) is 0.664. The second kappa shape index (κ2) is 3.12. The lowest BCUT2D eigenvalue weighted by molar-refractivity contribution is -0.117. The molecular weight excluding hydrogens is 174 g/mol. The molecule has 0 saturated carbocycles. The Labute approximate surface area is 84.5 Å². The van der Waals surface area contributed by atoms with Crippen LogP contribution < -0.4 is 4.90 Å². The molecule has 14 heavy (non-hydrogen) atoms. The normalized spacial score (nSPS) is 15.1. The van der Waals surface area contributed by atoms with Gasteiger partial charge in [-0.3, -0.25) is 4.79 Å². The molecule has 74 valence electrons. The molecule has 0 spiro atoms. The van der Waals surface area contributed by atoms with E-state index in [1.165, 1.54) is 11.1 Å². The van der Waals surface area contributed by atoms with Gasteiger partial charge in [0.15, 0.2) is 0 Å². The van der Waals surface area contributed by atoms with Crippen molar-refractivity contribution in [1.82, 2.24) is 0 Å². The van der Waals surface area contributed by atoms with E-state index in [9.17, 15) is 4.79 Å². The van der Waals surface area contributed by atoms with Crippen LogP contribution in [-0.4, -0.2) is 13.0 Å². The van der Waals surface area contributed by atoms with E-state index in [1.807, 2.05) is 7.05 Å². The Balaban J connectivity index is 2.44. The number of hydrogen-bond donors (Lipinski definition) is 0. The molecule has 1 aromatic carbocycles. The van der Waals surface area contributed by atoms with Crippen molar-refractivity contribution in [1.29, 1.82) is 0 Å². The third-order valence-electron chi connectivity index (χ3n) is 2.85. The molecule has 0 N–H and O–H groups in total. The van der Waals surface area contributed by atoms with E-state index in [0.29, 0.717) is 12.3 Å². The number of carbonyl (C=O) groups excluding carboxylic acids is 1. The van der Waals surface area contributed by atoms with E-state index < -0.39 is 0 Å². The van der Waals surface area contributed by atoms with Crippen LogP contribution in [0.25, 0.3) is 0 Å². The summed E-state index contributed by atoms with van der Waals surface area (Å²) >= 11 is 0. The van der Waals surface area contributed by atoms with Gasteiger partial charge in [-0.25, -0.2) is 0 Å². The summed E-state index contributed by atoms with van der Waals surface area (Å²) in [5.41, 5.74) is 3.55. The Morgan fingerprint density at radius 1 is 1.36 bits per heavy atom. The maximum absolute atomic E-state index is 11.4. The summed E-state index contributed by atoms with van der Waals surface area (Å²) in [6.45, 7) is 4.34. The van der Waals surface area contributed by atoms with Crippen LogP contribution in [0.5, 0.6) is 0 Å². The van der Waals surface area contributed by atoms with Crippen molar-refractivity contribution in [2.75, 3.05) is 11.9 Å². The van der Waals surface area contributed by atoms with Crippen LogP contribution in [0.3, 0.4) is 0 Å². The van der Waals surface area contributed by atoms with E-state index in [1.54, 1.807) is 4.90 Å². The van der Waals surface area contributed by atoms with Crippen LogP contribution in [0.15, 0.2) is 18.2 Å². The molecule has 0 aliphatic carbocycles. The molecule has 0 fully saturated rings. The summed E-state index contributed by atoms with van der Waals surface area (Å²) in [7, 11) is 1.84. The van der Waals surface area contributed by atoms with Gasteiger partial charge in [-0.1, -0.05) is 26.0 Å². The molecule has 1 aromatic rings. The number of rotatable bonds is 1. The Kier molecular flexibility index (Phi) is 2.06. The van der Waals surface area contributed by atoms with Crippen molar-refractivity contribution < 1.29 is 4.79 Å². The van der Waals surface area contributed by atoms with Crippen LogP contribution in [-0.2, 0) is 11.2 Å². The summed E-state index contributed by atoms with van der Waals surface area (Å²) in [5, 5.41) is 0. The second-order valence-corrected chi connectivity index (χ2v) is 4.17. The van der Waals surface area contributed by atoms with Gasteiger partial charge in [0.2, 0.25) is 5.91 Å². The highest BCUT2D eigenvalue weighted by atomic mass is 16.2. The van der Waals surface area contributed by atoms with Crippen molar-refractivity contribution in [3.05, 3.63) is 29.3 Å². The zero-order valence-corrected chi connectivity index (χ0v) is 8.87. The number of nitrogens with zero attached hydrogens (tertiary/aromatic N) is 1. The fraction of sp³-hybridized carbons (Fsp3) is 0.417. The lowest BCUT2D eigenvalue weighted by atomic mass is 10.00. The monoisotopic (exact) mass is 189 g/mol. The van der Waals surface area contributed by atoms with Crippen molar-refractivity contribution in [3.8, 4) is 0 Å². The summed E-state index contributed by atoms with van der Waals surface area (Å²) < 4.78 is 0. The second-order valence-electron chi connectivity index (χ2n) is 4.17. The Bertz CT molecular complexity index is 382. The molecule has 0 radical (unpaired) electrons. The van der Waals surface area contributed by atoms with Gasteiger partial charge in [0, 0.05) is 12.7 Å². The first kappa shape index (κ1) is 9.25. The van der Waals surface area contributed by atoms with E-state index in [4.69, 9.17) is 0 Å². The van der Waals surface area contributed by atoms with Gasteiger partial charge < -0.3 is 4.90 Å². The largest absolute Gasteiger partial charge is 0.315 e. The molecule has 0 atom stereocenters. The van der Waals surface area contributed by atoms with E-state index >= 15 is 0 Å². The summed E-state index contributed by atoms with van der Waals surface area (Å²) in [6.07, 6.45) is 0.562. The van der Waals surface area contributed by atoms with E-state index in [2.05, 4.69) is 32.0 Å². The van der Waals surface area contributed by atoms with Gasteiger partial charge in [0.1, 0.15) is 0 Å². The smallest absolute Gasteiger partial charge is 0.231 e. The predicted octanol–water partition coefficient (Wildman–Crippen LogP) is 2.33. The average Bonchev–Trinajstić information content (AvgIpc) is 2.42. The molecule has 1 amide bonds. The Morgan fingerprint density at radius 3 is 2.71 bits per heavy atom. The summed E-state index contributed by atoms with van der Waals surface area (Å²) in [4.78, 5) is 13.2. The van der Waals surface area contributed by atoms with Crippen molar-refractivity contribution in [2.24, 2.45) is 0 Å². The van der Waals surface area contributed by atoms with Gasteiger partial charge in [-0.05, 0) is 23.1 Å². The third kappa shape index (κ3) is 1.31. The highest BCUT2D eigenvalue weighted by Gasteiger charge is 2.23. The molecule has 0 unspecified atom stereocenters. The molecule has 0 aromatic heterocycles. The number of benzene rings is 1. The first-order chi connectivity index (χ1) is 6.59. The Hall–Kier alpha value is -1.31. The Morgan fingerprint density at radius 2 is 2.07 bits per heavy atom. The lowest BCUT2D eigenvalue weighted by Crippen LogP contribution is -2.20. The first-order valence-corrected chi connectivity index (χ1v) is 4.99. The zero-order chi connectivity index (χ0) is 10.3. The fourth-order valence-electron chi connectivity index (χ4n) is 1.85. The average molecular weight is 189 g/mol. The van der Waals surface area contributed by atoms with Crippen LogP contribution in [0, 0.1) is 0 Å². The molecule has 2 heteroatoms. The minimum atomic E-state index is 0.195. The number of likely N-dealkylation sites (N-methyl/N-ethyl adjacent to an activating group) is 1. The van der Waals surface area contributed by atoms with E-state index in [0.717, 1.165) is 5.69 Å². The molecule has 1 heterocycles. The molecular formula is C12H15NO. The minimum Gasteiger partial charge on any atom is -0.315 e. The SMILES string of the molecule is CC(C)c1ccc2c(c1)CC(=O)N2C. The van der Waals surface area contributed by atoms with Crippen molar-refractivity contribution >= 4 is 11.6 Å². The molecule has 2 nitrogen and oxygen atoms in total. The van der Waals surface area contributed by atoms with Crippen LogP contribution in [0.2, 0.25) is 0 Å². The highest BCUT2D eigenvalue weighted by Crippen LogP contribution is 2.30. The zero-order valence-electron chi connectivity index (χ0n) is 8.87. The van der Waals surface area contributed by atoms with Crippen molar-refractivity contribution in [3.63, 3.8) is 0 Å².